The number of hydrogen-bond acceptors (Lipinski definition) is 33. The van der Waals surface area contributed by atoms with Crippen LogP contribution in [-0.2, 0) is 83.1 Å². The van der Waals surface area contributed by atoms with Gasteiger partial charge < -0.3 is 75.4 Å². The maximum absolute atomic E-state index is 14.6. The minimum Gasteiger partial charge on any atom is -0.465 e. The molecular weight excluding hydrogens is 1420 g/mol. The van der Waals surface area contributed by atoms with Gasteiger partial charge in [-0.1, -0.05) is 96.8 Å². The van der Waals surface area contributed by atoms with Crippen LogP contribution in [0, 0.1) is 0 Å². The van der Waals surface area contributed by atoms with Gasteiger partial charge in [-0.25, -0.2) is 63.1 Å². The molecule has 0 amide bonds. The number of hydrogen-bond donors (Lipinski definition) is 9. The molecule has 100 heavy (non-hydrogen) atoms. The number of anilines is 3. The predicted octanol–water partition coefficient (Wildman–Crippen LogP) is 6.02. The number of aliphatic hydroxyl groups is 2. The molecule has 10 rings (SSSR count). The fourth-order valence-corrected chi connectivity index (χ4v) is 17.5. The molecule has 4 aliphatic heterocycles. The van der Waals surface area contributed by atoms with E-state index < -0.39 is 142 Å². The van der Waals surface area contributed by atoms with Gasteiger partial charge in [-0.05, 0) is 30.6 Å². The van der Waals surface area contributed by atoms with Gasteiger partial charge in [0, 0.05) is 25.9 Å². The lowest BCUT2D eigenvalue weighted by molar-refractivity contribution is -0.165. The number of fused-ring (bicyclic) bond motifs is 4. The second-order valence-electron chi connectivity index (χ2n) is 24.3. The number of nitrogens with zero attached hydrogens (tertiary/aromatic N) is 12. The molecule has 6 aromatic heterocycles. The van der Waals surface area contributed by atoms with Crippen molar-refractivity contribution < 1.29 is 113 Å². The average molecular weight is 1510 g/mol. The van der Waals surface area contributed by atoms with E-state index in [1.54, 1.807) is 0 Å². The zero-order chi connectivity index (χ0) is 71.2. The highest BCUT2D eigenvalue weighted by Gasteiger charge is 2.62. The number of phosphoric ester groups is 3. The Morgan fingerprint density at radius 3 is 1.64 bits per heavy atom. The molecule has 16 atom stereocenters. The summed E-state index contributed by atoms with van der Waals surface area (Å²) >= 11 is 0.497. The van der Waals surface area contributed by atoms with E-state index in [1.165, 1.54) is 97.7 Å². The maximum atomic E-state index is 14.6. The van der Waals surface area contributed by atoms with Crippen LogP contribution in [0.4, 0.5) is 17.5 Å². The molecule has 0 bridgehead atoms. The van der Waals surface area contributed by atoms with Gasteiger partial charge in [-0.2, -0.15) is 0 Å². The monoisotopic (exact) mass is 1510 g/mol. The number of ether oxygens (including phenoxy) is 6. The van der Waals surface area contributed by atoms with Crippen LogP contribution in [0.15, 0.2) is 38.0 Å². The molecule has 0 saturated carbocycles. The first-order valence-electron chi connectivity index (χ1n) is 32.9. The number of unbranched alkanes of at least 4 members (excludes halogenated alkanes) is 14. The summed E-state index contributed by atoms with van der Waals surface area (Å²) in [6.07, 6.45) is 7.50. The van der Waals surface area contributed by atoms with E-state index in [0.29, 0.717) is 17.8 Å². The Balaban J connectivity index is 0.797. The summed E-state index contributed by atoms with van der Waals surface area (Å²) in [5.74, 6) is -0.735. The molecule has 556 valence electrons. The molecule has 10 heterocycles. The third-order valence-corrected chi connectivity index (χ3v) is 23.2. The first kappa shape index (κ1) is 77.7. The molecular formula is C56H87N15O24P4S. The second kappa shape index (κ2) is 35.2. The number of rotatable bonds is 42. The van der Waals surface area contributed by atoms with Crippen molar-refractivity contribution in [3.63, 3.8) is 0 Å². The van der Waals surface area contributed by atoms with Crippen molar-refractivity contribution in [2.24, 2.45) is 0 Å². The number of aromatic nitrogens is 12. The van der Waals surface area contributed by atoms with Gasteiger partial charge in [0.15, 0.2) is 53.1 Å². The van der Waals surface area contributed by atoms with Crippen molar-refractivity contribution in [1.29, 1.82) is 0 Å². The third kappa shape index (κ3) is 19.5. The molecule has 39 nitrogen and oxygen atoms in total. The molecule has 0 aromatic carbocycles. The number of imidazole rings is 3. The molecule has 4 aliphatic rings. The molecule has 0 aliphatic carbocycles. The summed E-state index contributed by atoms with van der Waals surface area (Å²) in [7, 11) is -14.6. The van der Waals surface area contributed by atoms with E-state index in [-0.39, 0.29) is 89.2 Å². The van der Waals surface area contributed by atoms with Crippen LogP contribution in [0.1, 0.15) is 141 Å². The number of phosphoric acid groups is 3. The molecule has 0 spiro atoms. The van der Waals surface area contributed by atoms with E-state index in [9.17, 15) is 47.7 Å². The Morgan fingerprint density at radius 2 is 1.09 bits per heavy atom. The van der Waals surface area contributed by atoms with E-state index in [4.69, 9.17) is 82.4 Å². The van der Waals surface area contributed by atoms with Crippen LogP contribution in [0.5, 0.6) is 0 Å². The van der Waals surface area contributed by atoms with Crippen LogP contribution in [0.25, 0.3) is 33.5 Å². The summed E-state index contributed by atoms with van der Waals surface area (Å²) in [6, 6.07) is 0. The number of aliphatic hydroxyl groups excluding tert-OH is 2. The Kier molecular flexibility index (Phi) is 27.4. The normalized spacial score (nSPS) is 27.2. The maximum Gasteiger partial charge on any atom is 0.472 e. The number of nitrogens with two attached hydrogens (primary N) is 3. The van der Waals surface area contributed by atoms with Gasteiger partial charge in [0.05, 0.1) is 52.0 Å². The van der Waals surface area contributed by atoms with Crippen molar-refractivity contribution >= 4 is 98.6 Å². The van der Waals surface area contributed by atoms with Crippen LogP contribution < -0.4 is 17.2 Å². The summed E-state index contributed by atoms with van der Waals surface area (Å²) in [6.45, 7) is -6.45. The van der Waals surface area contributed by atoms with Crippen molar-refractivity contribution in [3.05, 3.63) is 38.0 Å². The lowest BCUT2D eigenvalue weighted by atomic mass is 9.89. The molecule has 4 fully saturated rings. The van der Waals surface area contributed by atoms with E-state index in [1.807, 2.05) is 0 Å². The van der Waals surface area contributed by atoms with Crippen LogP contribution >= 0.6 is 41.6 Å². The van der Waals surface area contributed by atoms with Crippen molar-refractivity contribution in [2.75, 3.05) is 76.3 Å². The van der Waals surface area contributed by atoms with Crippen molar-refractivity contribution in [1.82, 2.24) is 58.6 Å². The minimum absolute atomic E-state index is 0.00971. The quantitative estimate of drug-likeness (QED) is 0.0120. The fraction of sp³-hybridized carbons (Fsp3) is 0.714. The Labute approximate surface area is 577 Å². The highest BCUT2D eigenvalue weighted by molar-refractivity contribution is 8.54. The van der Waals surface area contributed by atoms with Crippen LogP contribution in [0.3, 0.4) is 0 Å². The SMILES string of the molecule is CCCCCCCCCCCCCCCCCC(=O)OCCSP(=O)(O)O[C@@H]1[C@H](n2cnc3c(N)ncnc32)O[C@@]2(COP(=O)(O)O[C@H]3[C@@H](O)[C@@H](COP(=O)(O)O[C@H]4[C@@H](OC)[C@@H](COP(=O)(O)OCCO)O[C@H]4n4cnc5c(N)ncnc54)O[C@H]3n3cnc4c(N)ncnc43)CCCO[C@H]12. The summed E-state index contributed by atoms with van der Waals surface area (Å²) in [5.41, 5.74) is 16.9. The molecule has 12 N–H and O–H groups in total. The molecule has 6 aromatic rings. The molecule has 4 unspecified atom stereocenters. The average Bonchev–Trinajstić information content (AvgIpc) is 1.58. The topological polar surface area (TPSA) is 536 Å². The number of esters is 1. The van der Waals surface area contributed by atoms with E-state index >= 15 is 0 Å². The Morgan fingerprint density at radius 1 is 0.600 bits per heavy atom. The standard InChI is InChI=1S/C56H87N15O24P4S/c1-3-4-5-6-7-8-9-10-11-12-13-14-15-16-17-19-37(73)84-24-25-100-99(81,82)95-45-46-56(20-18-22-85-46,92-55(45)71-34-68-40-49(59)62-31-65-52(40)71)28-89-98(79,80)93-43-41(74)35(90-53(43)69-32-66-38-47(57)60-29-63-50(38)69)26-88-97(77,78)94-44-42(83-2)36(27-87-96(75,76)86-23-21-72)91-54(44)70-33-67-39-48(58)61-30-64-51(39)70/h29-36,41-46,53-55,72,74H,3-28H2,1-2H3,(H,75,76)(H,77,78)(H,79,80)(H,81,82)(H2,57,60,63)(H2,58,61,64)(H2,59,62,65)/t35-,36-,41+,42+,43+,44+,45+,46-,53-,54-,55-,56-/m1/s1. The minimum atomic E-state index is -5.53. The molecule has 4 saturated heterocycles. The first-order valence-corrected chi connectivity index (χ1v) is 40.6. The van der Waals surface area contributed by atoms with Crippen LogP contribution in [0.2, 0.25) is 0 Å². The summed E-state index contributed by atoms with van der Waals surface area (Å²) in [4.78, 5) is 95.3. The highest BCUT2D eigenvalue weighted by Crippen LogP contribution is 2.62. The van der Waals surface area contributed by atoms with Crippen LogP contribution in [-0.4, -0.2) is 208 Å². The van der Waals surface area contributed by atoms with E-state index in [2.05, 4.69) is 51.8 Å². The zero-order valence-corrected chi connectivity index (χ0v) is 59.4. The lowest BCUT2D eigenvalue weighted by Gasteiger charge is -2.38. The Bertz CT molecular complexity index is 3870. The molecule has 0 radical (unpaired) electrons. The number of methoxy groups -OCH3 is 1. The second-order valence-corrected chi connectivity index (χ2v) is 32.5. The number of carbonyl (C=O) groups is 1. The summed E-state index contributed by atoms with van der Waals surface area (Å²) < 4.78 is 135. The van der Waals surface area contributed by atoms with Gasteiger partial charge in [-0.3, -0.25) is 50.2 Å². The smallest absolute Gasteiger partial charge is 0.465 e. The lowest BCUT2D eigenvalue weighted by Crippen LogP contribution is -2.51. The highest BCUT2D eigenvalue weighted by atomic mass is 32.7. The van der Waals surface area contributed by atoms with Gasteiger partial charge >= 0.3 is 36.2 Å². The van der Waals surface area contributed by atoms with Gasteiger partial charge in [0.1, 0.15) is 96.6 Å². The fourth-order valence-electron chi connectivity index (χ4n) is 12.5. The van der Waals surface area contributed by atoms with Gasteiger partial charge in [0.2, 0.25) is 0 Å². The zero-order valence-electron chi connectivity index (χ0n) is 55.0. The first-order chi connectivity index (χ1) is 48.0. The van der Waals surface area contributed by atoms with Gasteiger partial charge in [0.25, 0.3) is 0 Å². The predicted molar refractivity (Wildman–Crippen MR) is 353 cm³/mol. The molecule has 44 heteroatoms. The van der Waals surface area contributed by atoms with Crippen molar-refractivity contribution in [2.45, 2.75) is 196 Å². The third-order valence-electron chi connectivity index (χ3n) is 17.3. The van der Waals surface area contributed by atoms with Gasteiger partial charge in [-0.15, -0.1) is 0 Å². The number of nitrogen functional groups attached to an aromatic ring is 3. The van der Waals surface area contributed by atoms with Crippen molar-refractivity contribution in [3.8, 4) is 0 Å². The largest absolute Gasteiger partial charge is 0.472 e. The Hall–Kier alpha value is -4.93. The summed E-state index contributed by atoms with van der Waals surface area (Å²) in [5, 5.41) is 21.3. The van der Waals surface area contributed by atoms with E-state index in [0.717, 1.165) is 51.0 Å². The number of carbonyl (C=O) groups excluding carboxylic acids is 1.